The van der Waals surface area contributed by atoms with E-state index in [0.29, 0.717) is 70.0 Å². The van der Waals surface area contributed by atoms with Crippen molar-refractivity contribution in [1.82, 2.24) is 65.0 Å². The van der Waals surface area contributed by atoms with Gasteiger partial charge in [0.1, 0.15) is 53.9 Å². The molecule has 580 valence electrons. The van der Waals surface area contributed by atoms with Gasteiger partial charge in [0.05, 0.1) is 30.1 Å². The van der Waals surface area contributed by atoms with Crippen molar-refractivity contribution in [2.45, 2.75) is 241 Å². The lowest BCUT2D eigenvalue weighted by atomic mass is 9.81. The van der Waals surface area contributed by atoms with Gasteiger partial charge in [-0.2, -0.15) is 13.2 Å². The van der Waals surface area contributed by atoms with E-state index in [1.807, 2.05) is 6.92 Å². The molecule has 4 heterocycles. The molecule has 2 aromatic rings. The monoisotopic (exact) mass is 1490 g/mol. The van der Waals surface area contributed by atoms with E-state index in [0.717, 1.165) is 84.6 Å². The Balaban J connectivity index is 1.21. The normalized spacial score (nSPS) is 26.8. The average molecular weight is 1490 g/mol. The number of piperidine rings is 1. The Morgan fingerprint density at radius 2 is 1.28 bits per heavy atom. The summed E-state index contributed by atoms with van der Waals surface area (Å²) in [4.78, 5) is 197. The summed E-state index contributed by atoms with van der Waals surface area (Å²) in [6.45, 7) is 4.80. The number of halogens is 4. The number of amides is 12. The Morgan fingerprint density at radius 1 is 0.648 bits per heavy atom. The predicted molar refractivity (Wildman–Crippen MR) is 387 cm³/mol. The minimum absolute atomic E-state index is 0.00692. The van der Waals surface area contributed by atoms with E-state index in [2.05, 4.69) is 20.9 Å². The molecule has 1 spiro atoms. The van der Waals surface area contributed by atoms with E-state index in [4.69, 9.17) is 11.6 Å². The van der Waals surface area contributed by atoms with Crippen LogP contribution < -0.4 is 16.0 Å². The number of aromatic nitrogens is 1. The number of hydrogen-bond acceptors (Lipinski definition) is 13. The van der Waals surface area contributed by atoms with E-state index in [1.54, 1.807) is 24.0 Å². The van der Waals surface area contributed by atoms with Crippen molar-refractivity contribution in [3.63, 3.8) is 0 Å². The zero-order valence-corrected chi connectivity index (χ0v) is 63.7. The fraction of sp³-hybridized carbons (Fsp3) is 0.697. The number of carbonyl (C=O) groups excluding carboxylic acids is 12. The lowest BCUT2D eigenvalue weighted by Crippen LogP contribution is -2.66. The number of likely N-dealkylation sites (tertiary alicyclic amines) is 1. The summed E-state index contributed by atoms with van der Waals surface area (Å²) >= 11 is 6.21. The fourth-order valence-electron chi connectivity index (χ4n) is 16.4. The smallest absolute Gasteiger partial charge is 0.343 e. The second-order valence-electron chi connectivity index (χ2n) is 30.5. The summed E-state index contributed by atoms with van der Waals surface area (Å²) in [5.41, 5.74) is -1.98. The van der Waals surface area contributed by atoms with Crippen LogP contribution in [0.5, 0.6) is 0 Å². The summed E-state index contributed by atoms with van der Waals surface area (Å²) in [7, 11) is 9.98. The van der Waals surface area contributed by atoms with Crippen LogP contribution in [0.15, 0.2) is 42.7 Å². The second kappa shape index (κ2) is 37.1. The Hall–Kier alpha value is -7.91. The van der Waals surface area contributed by atoms with Crippen molar-refractivity contribution >= 4 is 82.5 Å². The molecule has 1 aromatic carbocycles. The molecule has 9 atom stereocenters. The van der Waals surface area contributed by atoms with Gasteiger partial charge in [-0.15, -0.1) is 0 Å². The molecule has 3 saturated heterocycles. The van der Waals surface area contributed by atoms with E-state index in [9.17, 15) is 37.1 Å². The predicted octanol–water partition coefficient (Wildman–Crippen LogP) is 6.40. The quantitative estimate of drug-likeness (QED) is 0.220. The van der Waals surface area contributed by atoms with Crippen LogP contribution in [0.3, 0.4) is 0 Å². The van der Waals surface area contributed by atoms with Crippen LogP contribution in [-0.2, 0) is 76.6 Å². The molecular formula is C76H111ClF3N13O12. The molecule has 6 aliphatic rings. The summed E-state index contributed by atoms with van der Waals surface area (Å²) in [6.07, 6.45) is 9.49. The third kappa shape index (κ3) is 20.4. The zero-order chi connectivity index (χ0) is 76.8. The summed E-state index contributed by atoms with van der Waals surface area (Å²) in [6, 6.07) is -3.75. The van der Waals surface area contributed by atoms with E-state index in [-0.39, 0.29) is 63.0 Å². The van der Waals surface area contributed by atoms with Gasteiger partial charge in [0, 0.05) is 87.8 Å². The molecule has 1 aromatic heterocycles. The molecule has 25 nitrogen and oxygen atoms in total. The van der Waals surface area contributed by atoms with Crippen molar-refractivity contribution < 1.29 is 70.7 Å². The number of fused-ring (bicyclic) bond motifs is 1. The first-order chi connectivity index (χ1) is 49.8. The molecule has 8 rings (SSSR count). The zero-order valence-electron chi connectivity index (χ0n) is 63.0. The minimum Gasteiger partial charge on any atom is -0.343 e. The highest BCUT2D eigenvalue weighted by Crippen LogP contribution is 2.39. The van der Waals surface area contributed by atoms with Crippen LogP contribution in [0.1, 0.15) is 185 Å². The number of pyridine rings is 1. The molecule has 29 heteroatoms. The number of nitrogens with zero attached hydrogens (tertiary/aromatic N) is 10. The Bertz CT molecular complexity index is 3440. The van der Waals surface area contributed by atoms with Crippen LogP contribution in [0.4, 0.5) is 13.2 Å². The maximum absolute atomic E-state index is 15.9. The van der Waals surface area contributed by atoms with Crippen LogP contribution in [0.2, 0.25) is 5.02 Å². The average Bonchev–Trinajstić information content (AvgIpc) is 1.77. The number of carbonyl (C=O) groups is 12. The van der Waals surface area contributed by atoms with E-state index < -0.39 is 173 Å². The molecule has 105 heavy (non-hydrogen) atoms. The molecule has 3 aliphatic carbocycles. The molecule has 3 aliphatic heterocycles. The molecule has 0 radical (unpaired) electrons. The lowest BCUT2D eigenvalue weighted by molar-refractivity contribution is -0.157. The van der Waals surface area contributed by atoms with Gasteiger partial charge >= 0.3 is 6.18 Å². The Labute approximate surface area is 621 Å². The summed E-state index contributed by atoms with van der Waals surface area (Å²) in [5.74, 6) is -8.82. The van der Waals surface area contributed by atoms with Gasteiger partial charge in [-0.1, -0.05) is 108 Å². The molecule has 6 fully saturated rings. The number of aryl methyl sites for hydroxylation is 1. The highest BCUT2D eigenvalue weighted by Gasteiger charge is 2.51. The largest absolute Gasteiger partial charge is 0.417 e. The van der Waals surface area contributed by atoms with Crippen molar-refractivity contribution in [2.75, 3.05) is 82.1 Å². The van der Waals surface area contributed by atoms with Crippen LogP contribution >= 0.6 is 11.6 Å². The first-order valence-electron chi connectivity index (χ1n) is 37.9. The van der Waals surface area contributed by atoms with Crippen LogP contribution in [0.25, 0.3) is 0 Å². The summed E-state index contributed by atoms with van der Waals surface area (Å²) in [5, 5.41) is 8.12. The van der Waals surface area contributed by atoms with Crippen molar-refractivity contribution in [1.29, 1.82) is 0 Å². The van der Waals surface area contributed by atoms with Crippen molar-refractivity contribution in [3.05, 3.63) is 64.4 Å². The second-order valence-corrected chi connectivity index (χ2v) is 30.9. The van der Waals surface area contributed by atoms with Gasteiger partial charge in [0.2, 0.25) is 70.9 Å². The van der Waals surface area contributed by atoms with Crippen LogP contribution in [0, 0.1) is 17.8 Å². The highest BCUT2D eigenvalue weighted by atomic mass is 35.5. The number of nitrogens with one attached hydrogen (secondary N) is 3. The third-order valence-corrected chi connectivity index (χ3v) is 23.6. The molecular weight excluding hydrogens is 1380 g/mol. The van der Waals surface area contributed by atoms with Crippen LogP contribution in [-0.4, -0.2) is 256 Å². The molecule has 3 saturated carbocycles. The van der Waals surface area contributed by atoms with Gasteiger partial charge in [0.25, 0.3) is 0 Å². The molecule has 0 unspecified atom stereocenters. The number of likely N-dealkylation sites (N-methyl/N-ethyl adjacent to an activating group) is 7. The molecule has 12 amide bonds. The van der Waals surface area contributed by atoms with Gasteiger partial charge in [-0.25, -0.2) is 0 Å². The highest BCUT2D eigenvalue weighted by molar-refractivity contribution is 6.31. The van der Waals surface area contributed by atoms with Gasteiger partial charge in [-0.3, -0.25) is 62.5 Å². The molecule has 3 N–H and O–H groups in total. The van der Waals surface area contributed by atoms with Gasteiger partial charge < -0.3 is 60.0 Å². The van der Waals surface area contributed by atoms with Crippen molar-refractivity contribution in [2.24, 2.45) is 17.8 Å². The lowest BCUT2D eigenvalue weighted by Gasteiger charge is -2.43. The molecule has 0 bridgehead atoms. The van der Waals surface area contributed by atoms with E-state index >= 15 is 33.6 Å². The first-order valence-corrected chi connectivity index (χ1v) is 38.2. The number of hydrogen-bond donors (Lipinski definition) is 3. The number of alkyl halides is 3. The minimum atomic E-state index is -4.78. The third-order valence-electron chi connectivity index (χ3n) is 23.3. The van der Waals surface area contributed by atoms with Crippen molar-refractivity contribution in [3.8, 4) is 0 Å². The number of rotatable bonds is 11. The topological polar surface area (TPSA) is 283 Å². The van der Waals surface area contributed by atoms with E-state index in [1.165, 1.54) is 99.2 Å². The fourth-order valence-corrected chi connectivity index (χ4v) is 16.7. The Kier molecular flexibility index (Phi) is 29.2. The number of benzene rings is 1. The first kappa shape index (κ1) is 82.7. The maximum atomic E-state index is 15.9. The standard InChI is InChI=1S/C76H111ClF3N13O12/c1-11-48(2)64-72(103)86(5)47-63(96)93-40-24-30-57(93)70(101)89(8)59(42-50-25-15-12-16-26-50)69(100)85(4)46-61(94)82-56(34-32-51-31-33-54(55(77)41-51)76(78,79)80)68(99)88(7)58(43-52-27-23-37-81-45-52)67(98)84-75(35-19-20-36-75)74(105)91(10)65(53-28-17-13-18-29-53)73(104)90(9)60(71(102)92-38-21-14-22-39-92)44-62(95)87(6)49(3)66(97)83-64/h23,27,31,33,37,41,45,48-50,53,56-60,64-65H,11-22,24-26,28-30,32,34-36,38-40,42-44,46-47H2,1-10H3,(H,82,94)(H,83,97)(H,84,98)/t48-,49-,56-,57-,58-,59-,60-,64-,65-/m0/s1. The maximum Gasteiger partial charge on any atom is 0.417 e. The van der Waals surface area contributed by atoms with Gasteiger partial charge in [-0.05, 0) is 131 Å². The SMILES string of the molecule is CC[C@H](C)[C@@H]1NC(=O)[C@H](C)N(C)C(=O)C[C@@H](C(=O)N2CCCCC2)N(C)C(=O)[C@H](C2CCCCC2)N(C)C(=O)C2(CCCC2)NC(=O)[C@H](Cc2cccnc2)N(C)C(=O)[C@H](CCc2ccc(C(F)(F)F)c(Cl)c2)NC(=O)CN(C)C(=O)[C@H](CC2CCCCC2)N(C)C(=O)[C@@H]2CCCN2C(=O)CN(C)C1=O. The Morgan fingerprint density at radius 3 is 1.90 bits per heavy atom. The van der Waals surface area contributed by atoms with Gasteiger partial charge in [0.15, 0.2) is 0 Å². The summed E-state index contributed by atoms with van der Waals surface area (Å²) < 4.78 is 42.0.